The summed E-state index contributed by atoms with van der Waals surface area (Å²) in [6.07, 6.45) is 5.81. The van der Waals surface area contributed by atoms with Crippen LogP contribution in [0.25, 0.3) is 0 Å². The van der Waals surface area contributed by atoms with Crippen molar-refractivity contribution in [3.63, 3.8) is 0 Å². The molecule has 0 N–H and O–H groups in total. The van der Waals surface area contributed by atoms with E-state index in [1.807, 2.05) is 0 Å². The minimum atomic E-state index is -1.05. The Labute approximate surface area is 235 Å². The van der Waals surface area contributed by atoms with Crippen LogP contribution >= 0.6 is 0 Å². The van der Waals surface area contributed by atoms with Gasteiger partial charge in [0, 0.05) is 57.4 Å². The summed E-state index contributed by atoms with van der Waals surface area (Å²) in [4.78, 5) is 10.3. The zero-order valence-electron chi connectivity index (χ0n) is 26.9. The Morgan fingerprint density at radius 2 is 1.42 bits per heavy atom. The van der Waals surface area contributed by atoms with Gasteiger partial charge in [-0.25, -0.2) is 4.39 Å². The highest BCUT2D eigenvalue weighted by atomic mass is 19.1. The fourth-order valence-electron chi connectivity index (χ4n) is 7.71. The number of alkyl halides is 1. The zero-order valence-corrected chi connectivity index (χ0v) is 26.9. The highest BCUT2D eigenvalue weighted by Crippen LogP contribution is 2.41. The van der Waals surface area contributed by atoms with Crippen LogP contribution in [0.4, 0.5) is 4.39 Å². The summed E-state index contributed by atoms with van der Waals surface area (Å²) in [5.41, 5.74) is -0.450. The summed E-state index contributed by atoms with van der Waals surface area (Å²) in [6.45, 7) is 27.6. The molecular formula is C32H63FN4O. The second kappa shape index (κ2) is 12.7. The number of halogens is 1. The molecule has 0 aromatic heterocycles. The molecule has 0 radical (unpaired) electrons. The van der Waals surface area contributed by atoms with E-state index >= 15 is 4.39 Å². The normalized spacial score (nSPS) is 32.1. The average Bonchev–Trinajstić information content (AvgIpc) is 2.72. The topological polar surface area (TPSA) is 22.2 Å². The molecule has 0 spiro atoms. The second-order valence-corrected chi connectivity index (χ2v) is 16.6. The van der Waals surface area contributed by atoms with Crippen molar-refractivity contribution in [2.75, 3.05) is 73.1 Å². The van der Waals surface area contributed by atoms with Gasteiger partial charge in [-0.15, -0.1) is 0 Å². The van der Waals surface area contributed by atoms with Crippen LogP contribution in [0.2, 0.25) is 0 Å². The Morgan fingerprint density at radius 3 is 2.05 bits per heavy atom. The van der Waals surface area contributed by atoms with Gasteiger partial charge in [0.2, 0.25) is 0 Å². The van der Waals surface area contributed by atoms with Gasteiger partial charge in [-0.1, -0.05) is 55.4 Å². The molecule has 5 nitrogen and oxygen atoms in total. The number of likely N-dealkylation sites (N-methyl/N-ethyl adjacent to an activating group) is 1. The lowest BCUT2D eigenvalue weighted by atomic mass is 9.73. The second-order valence-electron chi connectivity index (χ2n) is 16.6. The van der Waals surface area contributed by atoms with E-state index in [1.54, 1.807) is 0 Å². The quantitative estimate of drug-likeness (QED) is 0.370. The van der Waals surface area contributed by atoms with Gasteiger partial charge in [0.25, 0.3) is 0 Å². The first kappa shape index (κ1) is 32.2. The molecule has 0 saturated carbocycles. The minimum absolute atomic E-state index is 0.0175. The van der Waals surface area contributed by atoms with E-state index in [0.29, 0.717) is 41.9 Å². The van der Waals surface area contributed by atoms with Gasteiger partial charge in [-0.3, -0.25) is 9.80 Å². The predicted octanol–water partition coefficient (Wildman–Crippen LogP) is 5.78. The predicted molar refractivity (Wildman–Crippen MR) is 160 cm³/mol. The molecule has 3 saturated heterocycles. The van der Waals surface area contributed by atoms with E-state index in [4.69, 9.17) is 4.74 Å². The molecule has 0 aromatic carbocycles. The van der Waals surface area contributed by atoms with Gasteiger partial charge in [0.1, 0.15) is 5.67 Å². The van der Waals surface area contributed by atoms with Gasteiger partial charge in [-0.05, 0) is 75.4 Å². The lowest BCUT2D eigenvalue weighted by Gasteiger charge is -2.50. The Hall–Kier alpha value is -0.270. The van der Waals surface area contributed by atoms with E-state index < -0.39 is 5.67 Å². The number of hydrogen-bond acceptors (Lipinski definition) is 5. The van der Waals surface area contributed by atoms with Crippen LogP contribution < -0.4 is 0 Å². The maximum absolute atomic E-state index is 15.9. The zero-order chi connectivity index (χ0) is 28.4. The molecule has 0 bridgehead atoms. The van der Waals surface area contributed by atoms with Crippen molar-refractivity contribution in [1.29, 1.82) is 0 Å². The first-order chi connectivity index (χ1) is 17.4. The number of morpholine rings is 1. The van der Waals surface area contributed by atoms with Crippen molar-refractivity contribution in [2.45, 2.75) is 118 Å². The van der Waals surface area contributed by atoms with Crippen molar-refractivity contribution in [1.82, 2.24) is 19.6 Å². The van der Waals surface area contributed by atoms with Gasteiger partial charge in [0.05, 0.1) is 13.2 Å². The van der Waals surface area contributed by atoms with E-state index in [-0.39, 0.29) is 5.41 Å². The number of piperidine rings is 1. The fourth-order valence-corrected chi connectivity index (χ4v) is 7.71. The van der Waals surface area contributed by atoms with Gasteiger partial charge < -0.3 is 14.5 Å². The van der Waals surface area contributed by atoms with Crippen molar-refractivity contribution < 1.29 is 9.13 Å². The molecule has 0 amide bonds. The molecule has 3 heterocycles. The molecule has 0 aromatic rings. The van der Waals surface area contributed by atoms with Gasteiger partial charge in [0.15, 0.2) is 0 Å². The lowest BCUT2D eigenvalue weighted by Crippen LogP contribution is -2.60. The largest absolute Gasteiger partial charge is 0.378 e. The van der Waals surface area contributed by atoms with Crippen LogP contribution in [0.1, 0.15) is 93.9 Å². The minimum Gasteiger partial charge on any atom is -0.378 e. The van der Waals surface area contributed by atoms with Crippen molar-refractivity contribution >= 4 is 0 Å². The van der Waals surface area contributed by atoms with Crippen LogP contribution in [-0.2, 0) is 4.74 Å². The molecule has 0 aliphatic carbocycles. The van der Waals surface area contributed by atoms with Crippen LogP contribution in [-0.4, -0.2) is 117 Å². The summed E-state index contributed by atoms with van der Waals surface area (Å²) in [5, 5.41) is 0. The lowest BCUT2D eigenvalue weighted by molar-refractivity contribution is -0.0397. The maximum atomic E-state index is 15.9. The first-order valence-corrected chi connectivity index (χ1v) is 15.6. The summed E-state index contributed by atoms with van der Waals surface area (Å²) >= 11 is 0. The number of likely N-dealkylation sites (tertiary alicyclic amines) is 1. The number of nitrogens with zero attached hydrogens (tertiary/aromatic N) is 4. The first-order valence-electron chi connectivity index (χ1n) is 15.6. The Bertz CT molecular complexity index is 732. The molecule has 38 heavy (non-hydrogen) atoms. The highest BCUT2D eigenvalue weighted by molar-refractivity contribution is 4.96. The summed E-state index contributed by atoms with van der Waals surface area (Å²) in [5.74, 6) is 0. The number of hydrogen-bond donors (Lipinski definition) is 0. The smallest absolute Gasteiger partial charge is 0.124 e. The van der Waals surface area contributed by atoms with Crippen molar-refractivity contribution in [2.24, 2.45) is 16.2 Å². The van der Waals surface area contributed by atoms with E-state index in [9.17, 15) is 0 Å². The SMILES string of the molecule is CN1CCC[C@@](F)(CC(C)(C)CC2CN(CCN3CCOCC3CC(C)(C)C)C(CC(C)(C)C)CN2C)C1. The molecule has 3 unspecified atom stereocenters. The molecule has 3 rings (SSSR count). The molecule has 3 aliphatic rings. The summed E-state index contributed by atoms with van der Waals surface area (Å²) in [6, 6.07) is 1.56. The maximum Gasteiger partial charge on any atom is 0.124 e. The Balaban J connectivity index is 1.67. The fraction of sp³-hybridized carbons (Fsp3) is 1.00. The standard InChI is InChI=1S/C32H63FN4O/c1-29(2,3)18-27-21-35(10)26(20-31(7,8)24-32(33)12-11-13-34(9)25-32)22-37(27)15-14-36-16-17-38-23-28(36)19-30(4,5)6/h26-28H,11-25H2,1-10H3/t26?,27?,28?,32-/m1/s1. The third-order valence-corrected chi connectivity index (χ3v) is 9.11. The van der Waals surface area contributed by atoms with Crippen LogP contribution in [0.5, 0.6) is 0 Å². The van der Waals surface area contributed by atoms with Gasteiger partial charge in [-0.2, -0.15) is 0 Å². The van der Waals surface area contributed by atoms with Crippen molar-refractivity contribution in [3.05, 3.63) is 0 Å². The van der Waals surface area contributed by atoms with Crippen LogP contribution in [0.15, 0.2) is 0 Å². The highest BCUT2D eigenvalue weighted by Gasteiger charge is 2.42. The molecule has 3 aliphatic heterocycles. The molecule has 3 fully saturated rings. The van der Waals surface area contributed by atoms with Crippen LogP contribution in [0.3, 0.4) is 0 Å². The van der Waals surface area contributed by atoms with Crippen molar-refractivity contribution in [3.8, 4) is 0 Å². The van der Waals surface area contributed by atoms with E-state index in [2.05, 4.69) is 89.1 Å². The molecule has 4 atom stereocenters. The Morgan fingerprint density at radius 1 is 0.789 bits per heavy atom. The van der Waals surface area contributed by atoms with Crippen LogP contribution in [0, 0.1) is 16.2 Å². The third kappa shape index (κ3) is 10.3. The molecule has 6 heteroatoms. The van der Waals surface area contributed by atoms with Gasteiger partial charge >= 0.3 is 0 Å². The Kier molecular flexibility index (Phi) is 10.8. The monoisotopic (exact) mass is 538 g/mol. The summed E-state index contributed by atoms with van der Waals surface area (Å²) < 4.78 is 21.8. The van der Waals surface area contributed by atoms with E-state index in [0.717, 1.165) is 71.7 Å². The average molecular weight is 539 g/mol. The number of piperazine rings is 1. The van der Waals surface area contributed by atoms with E-state index in [1.165, 1.54) is 12.8 Å². The molecule has 224 valence electrons. The summed E-state index contributed by atoms with van der Waals surface area (Å²) in [7, 11) is 4.39. The number of rotatable bonds is 9. The number of ether oxygens (including phenoxy) is 1. The molecular weight excluding hydrogens is 475 g/mol. The third-order valence-electron chi connectivity index (χ3n) is 9.11.